The Morgan fingerprint density at radius 1 is 0.778 bits per heavy atom. The van der Waals surface area contributed by atoms with Gasteiger partial charge in [-0.15, -0.1) is 0 Å². The molecule has 0 aliphatic carbocycles. The summed E-state index contributed by atoms with van der Waals surface area (Å²) >= 11 is 1.97. The molecule has 0 spiro atoms. The molecule has 0 amide bonds. The van der Waals surface area contributed by atoms with Gasteiger partial charge in [-0.25, -0.2) is 0 Å². The van der Waals surface area contributed by atoms with Crippen molar-refractivity contribution < 1.29 is 0 Å². The minimum Gasteiger partial charge on any atom is -0.166 e. The van der Waals surface area contributed by atoms with Crippen LogP contribution in [0.1, 0.15) is 0 Å². The molecule has 0 saturated heterocycles. The van der Waals surface area contributed by atoms with Gasteiger partial charge in [0.2, 0.25) is 6.62 Å². The van der Waals surface area contributed by atoms with E-state index in [9.17, 15) is 0 Å². The lowest BCUT2D eigenvalue weighted by Crippen LogP contribution is -2.30. The van der Waals surface area contributed by atoms with Gasteiger partial charge in [-0.05, 0) is 24.3 Å². The van der Waals surface area contributed by atoms with Crippen LogP contribution in [0, 0.1) is 0 Å². The number of rotatable bonds is 4. The van der Waals surface area contributed by atoms with Crippen LogP contribution in [0.15, 0.2) is 60.7 Å². The summed E-state index contributed by atoms with van der Waals surface area (Å²) in [4.78, 5) is 0. The normalized spacial score (nSPS) is 11.8. The second-order valence-electron chi connectivity index (χ2n) is 4.28. The zero-order valence-corrected chi connectivity index (χ0v) is 12.8. The Hall–Kier alpha value is -0.820. The predicted molar refractivity (Wildman–Crippen MR) is 86.3 cm³/mol. The summed E-state index contributed by atoms with van der Waals surface area (Å²) < 4.78 is 2.39. The van der Waals surface area contributed by atoms with Crippen molar-refractivity contribution in [3.05, 3.63) is 60.7 Å². The monoisotopic (exact) mass is 276 g/mol. The Labute approximate surface area is 114 Å². The van der Waals surface area contributed by atoms with Gasteiger partial charge in [-0.3, -0.25) is 0 Å². The molecule has 94 valence electrons. The van der Waals surface area contributed by atoms with E-state index in [0.29, 0.717) is 0 Å². The molecule has 0 unspecified atom stereocenters. The van der Waals surface area contributed by atoms with Gasteiger partial charge in [0.1, 0.15) is 10.6 Å². The van der Waals surface area contributed by atoms with Crippen LogP contribution in [0.25, 0.3) is 0 Å². The molecule has 0 bridgehead atoms. The number of hydrogen-bond donors (Lipinski definition) is 0. The Bertz CT molecular complexity index is 445. The topological polar surface area (TPSA) is 3.24 Å². The van der Waals surface area contributed by atoms with Crippen LogP contribution in [-0.2, 0) is 0 Å². The molecule has 2 rings (SSSR count). The van der Waals surface area contributed by atoms with Gasteiger partial charge in [0.15, 0.2) is 0 Å². The molecule has 0 fully saturated rings. The van der Waals surface area contributed by atoms with Gasteiger partial charge < -0.3 is 0 Å². The molecule has 18 heavy (non-hydrogen) atoms. The largest absolute Gasteiger partial charge is 0.206 e. The third-order valence-corrected chi connectivity index (χ3v) is 10.5. The minimum absolute atomic E-state index is 1.42. The van der Waals surface area contributed by atoms with Crippen LogP contribution < -0.4 is 10.6 Å². The average molecular weight is 276 g/mol. The smallest absolute Gasteiger partial charge is 0.166 e. The Kier molecular flexibility index (Phi) is 4.45. The zero-order chi connectivity index (χ0) is 13.0. The van der Waals surface area contributed by atoms with E-state index in [4.69, 9.17) is 0 Å². The molecule has 2 aromatic rings. The third kappa shape index (κ3) is 2.33. The molecule has 0 N–H and O–H groups in total. The summed E-state index contributed by atoms with van der Waals surface area (Å²) in [6.07, 6.45) is 2.22. The fourth-order valence-corrected chi connectivity index (χ4v) is 8.34. The standard InChI is InChI=1S/C15H19NPS/c1-16(2)17(18-3,14-10-6-4-7-11-14)15-12-8-5-9-13-15/h4-13H,1-3H3/q+1. The summed E-state index contributed by atoms with van der Waals surface area (Å²) in [6, 6.07) is 21.7. The van der Waals surface area contributed by atoms with E-state index in [1.807, 2.05) is 11.4 Å². The summed E-state index contributed by atoms with van der Waals surface area (Å²) in [5, 5.41) is 2.85. The van der Waals surface area contributed by atoms with Crippen molar-refractivity contribution in [1.29, 1.82) is 0 Å². The fraction of sp³-hybridized carbons (Fsp3) is 0.200. The van der Waals surface area contributed by atoms with E-state index < -0.39 is 6.62 Å². The van der Waals surface area contributed by atoms with Gasteiger partial charge in [0.25, 0.3) is 0 Å². The highest BCUT2D eigenvalue weighted by Gasteiger charge is 2.46. The highest BCUT2D eigenvalue weighted by Crippen LogP contribution is 2.67. The average Bonchev–Trinajstić information content (AvgIpc) is 2.42. The van der Waals surface area contributed by atoms with E-state index >= 15 is 0 Å². The van der Waals surface area contributed by atoms with E-state index in [2.05, 4.69) is 85.7 Å². The Morgan fingerprint density at radius 2 is 1.17 bits per heavy atom. The van der Waals surface area contributed by atoms with Crippen molar-refractivity contribution in [3.8, 4) is 0 Å². The first-order valence-electron chi connectivity index (χ1n) is 5.95. The first-order valence-corrected chi connectivity index (χ1v) is 9.53. The van der Waals surface area contributed by atoms with Crippen LogP contribution in [0.3, 0.4) is 0 Å². The Balaban J connectivity index is 2.61. The van der Waals surface area contributed by atoms with E-state index in [1.165, 1.54) is 10.6 Å². The molecular weight excluding hydrogens is 257 g/mol. The molecule has 0 saturated carbocycles. The van der Waals surface area contributed by atoms with Crippen molar-refractivity contribution in [1.82, 2.24) is 4.67 Å². The number of nitrogens with zero attached hydrogens (tertiary/aromatic N) is 1. The third-order valence-electron chi connectivity index (χ3n) is 3.04. The van der Waals surface area contributed by atoms with Gasteiger partial charge in [0.05, 0.1) is 0 Å². The summed E-state index contributed by atoms with van der Waals surface area (Å²) in [5.74, 6) is 0. The summed E-state index contributed by atoms with van der Waals surface area (Å²) in [7, 11) is 4.37. The van der Waals surface area contributed by atoms with Crippen molar-refractivity contribution >= 4 is 28.6 Å². The highest BCUT2D eigenvalue weighted by molar-refractivity contribution is 8.65. The van der Waals surface area contributed by atoms with Crippen molar-refractivity contribution in [2.24, 2.45) is 0 Å². The van der Waals surface area contributed by atoms with Crippen LogP contribution in [0.4, 0.5) is 0 Å². The SMILES string of the molecule is CS[P+](c1ccccc1)(c1ccccc1)N(C)C. The lowest BCUT2D eigenvalue weighted by atomic mass is 10.4. The molecular formula is C15H19NPS+. The summed E-state index contributed by atoms with van der Waals surface area (Å²) in [5.41, 5.74) is 0. The second kappa shape index (κ2) is 5.88. The quantitative estimate of drug-likeness (QED) is 0.787. The molecule has 2 aromatic carbocycles. The zero-order valence-electron chi connectivity index (χ0n) is 11.1. The summed E-state index contributed by atoms with van der Waals surface area (Å²) in [6.45, 7) is -1.50. The lowest BCUT2D eigenvalue weighted by Gasteiger charge is -2.29. The maximum Gasteiger partial charge on any atom is 0.206 e. The van der Waals surface area contributed by atoms with Gasteiger partial charge in [-0.2, -0.15) is 4.67 Å². The molecule has 0 heterocycles. The predicted octanol–water partition coefficient (Wildman–Crippen LogP) is 3.41. The minimum atomic E-state index is -1.50. The molecule has 0 aliphatic rings. The van der Waals surface area contributed by atoms with E-state index in [1.54, 1.807) is 0 Å². The highest BCUT2D eigenvalue weighted by atomic mass is 32.7. The van der Waals surface area contributed by atoms with Crippen LogP contribution in [-0.4, -0.2) is 25.0 Å². The lowest BCUT2D eigenvalue weighted by molar-refractivity contribution is 0.686. The molecule has 0 aliphatic heterocycles. The fourth-order valence-electron chi connectivity index (χ4n) is 2.25. The molecule has 3 heteroatoms. The maximum absolute atomic E-state index is 2.39. The molecule has 0 atom stereocenters. The molecule has 1 nitrogen and oxygen atoms in total. The van der Waals surface area contributed by atoms with Crippen LogP contribution in [0.2, 0.25) is 0 Å². The van der Waals surface area contributed by atoms with Gasteiger partial charge >= 0.3 is 0 Å². The first kappa shape index (κ1) is 13.6. The molecule has 0 aromatic heterocycles. The van der Waals surface area contributed by atoms with Crippen LogP contribution >= 0.6 is 18.0 Å². The van der Waals surface area contributed by atoms with Gasteiger partial charge in [-0.1, -0.05) is 36.4 Å². The Morgan fingerprint density at radius 3 is 1.44 bits per heavy atom. The van der Waals surface area contributed by atoms with Crippen molar-refractivity contribution in [2.45, 2.75) is 0 Å². The van der Waals surface area contributed by atoms with Crippen LogP contribution in [0.5, 0.6) is 0 Å². The number of benzene rings is 2. The number of hydrogen-bond acceptors (Lipinski definition) is 2. The second-order valence-corrected chi connectivity index (χ2v) is 10.3. The van der Waals surface area contributed by atoms with E-state index in [-0.39, 0.29) is 0 Å². The van der Waals surface area contributed by atoms with Gasteiger partial charge in [0, 0.05) is 31.7 Å². The van der Waals surface area contributed by atoms with Crippen molar-refractivity contribution in [2.75, 3.05) is 20.4 Å². The first-order chi connectivity index (χ1) is 8.71. The van der Waals surface area contributed by atoms with E-state index in [0.717, 1.165) is 0 Å². The molecule has 0 radical (unpaired) electrons. The maximum atomic E-state index is 2.39. The van der Waals surface area contributed by atoms with Crippen molar-refractivity contribution in [3.63, 3.8) is 0 Å².